The lowest BCUT2D eigenvalue weighted by Gasteiger charge is -2.36. The first-order chi connectivity index (χ1) is 15.6. The highest BCUT2D eigenvalue weighted by atomic mass is 16.5. The van der Waals surface area contributed by atoms with Gasteiger partial charge in [0.25, 0.3) is 0 Å². The summed E-state index contributed by atoms with van der Waals surface area (Å²) < 4.78 is 4.97. The molecule has 0 aromatic heterocycles. The largest absolute Gasteiger partial charge is 0.383 e. The average molecular weight is 445 g/mol. The van der Waals surface area contributed by atoms with E-state index in [9.17, 15) is 4.79 Å². The second-order valence-electron chi connectivity index (χ2n) is 8.84. The molecule has 0 aliphatic carbocycles. The van der Waals surface area contributed by atoms with Gasteiger partial charge in [-0.05, 0) is 36.5 Å². The second-order valence-corrected chi connectivity index (χ2v) is 8.84. The van der Waals surface area contributed by atoms with Gasteiger partial charge in [0.15, 0.2) is 5.96 Å². The van der Waals surface area contributed by atoms with E-state index in [4.69, 9.17) is 4.74 Å². The predicted molar refractivity (Wildman–Crippen MR) is 130 cm³/mol. The van der Waals surface area contributed by atoms with Crippen molar-refractivity contribution >= 4 is 17.6 Å². The van der Waals surface area contributed by atoms with Gasteiger partial charge in [-0.1, -0.05) is 19.1 Å². The summed E-state index contributed by atoms with van der Waals surface area (Å²) in [4.78, 5) is 23.4. The van der Waals surface area contributed by atoms with Crippen LogP contribution in [0.1, 0.15) is 25.3 Å². The van der Waals surface area contributed by atoms with Crippen LogP contribution in [-0.4, -0.2) is 94.8 Å². The number of rotatable bonds is 8. The molecule has 8 nitrogen and oxygen atoms in total. The highest BCUT2D eigenvalue weighted by Gasteiger charge is 2.21. The van der Waals surface area contributed by atoms with Gasteiger partial charge in [0, 0.05) is 72.2 Å². The zero-order valence-corrected chi connectivity index (χ0v) is 20.0. The Bertz CT molecular complexity index is 723. The quantitative estimate of drug-likeness (QED) is 0.359. The SMILES string of the molecule is CN=C(NCc1ccc(N2CCC(C)CC2)cc1)N1CCN(CC(=O)NCCOC)CC1. The monoisotopic (exact) mass is 444 g/mol. The van der Waals surface area contributed by atoms with Gasteiger partial charge in [-0.2, -0.15) is 0 Å². The van der Waals surface area contributed by atoms with Crippen molar-refractivity contribution in [3.8, 4) is 0 Å². The lowest BCUT2D eigenvalue weighted by Crippen LogP contribution is -2.54. The Morgan fingerprint density at radius 3 is 2.38 bits per heavy atom. The molecule has 0 atom stereocenters. The Balaban J connectivity index is 1.40. The first-order valence-electron chi connectivity index (χ1n) is 11.9. The highest BCUT2D eigenvalue weighted by Crippen LogP contribution is 2.23. The van der Waals surface area contributed by atoms with Crippen molar-refractivity contribution in [2.75, 3.05) is 78.0 Å². The third-order valence-electron chi connectivity index (χ3n) is 6.41. The number of nitrogens with zero attached hydrogens (tertiary/aromatic N) is 4. The summed E-state index contributed by atoms with van der Waals surface area (Å²) in [6, 6.07) is 8.92. The van der Waals surface area contributed by atoms with E-state index in [2.05, 4.69) is 61.5 Å². The van der Waals surface area contributed by atoms with Crippen LogP contribution in [0.2, 0.25) is 0 Å². The maximum Gasteiger partial charge on any atom is 0.234 e. The van der Waals surface area contributed by atoms with Crippen LogP contribution >= 0.6 is 0 Å². The van der Waals surface area contributed by atoms with Crippen molar-refractivity contribution in [2.45, 2.75) is 26.3 Å². The van der Waals surface area contributed by atoms with Crippen LogP contribution in [-0.2, 0) is 16.1 Å². The summed E-state index contributed by atoms with van der Waals surface area (Å²) in [5.41, 5.74) is 2.58. The molecule has 2 fully saturated rings. The fraction of sp³-hybridized carbons (Fsp3) is 0.667. The maximum absolute atomic E-state index is 12.0. The normalized spacial score (nSPS) is 18.7. The first kappa shape index (κ1) is 24.3. The number of benzene rings is 1. The number of ether oxygens (including phenoxy) is 1. The lowest BCUT2D eigenvalue weighted by molar-refractivity contribution is -0.122. The molecule has 178 valence electrons. The van der Waals surface area contributed by atoms with Crippen molar-refractivity contribution in [3.05, 3.63) is 29.8 Å². The zero-order valence-electron chi connectivity index (χ0n) is 20.0. The van der Waals surface area contributed by atoms with Crippen LogP contribution in [0.25, 0.3) is 0 Å². The molecule has 2 saturated heterocycles. The fourth-order valence-corrected chi connectivity index (χ4v) is 4.27. The fourth-order valence-electron chi connectivity index (χ4n) is 4.27. The highest BCUT2D eigenvalue weighted by molar-refractivity contribution is 5.80. The van der Waals surface area contributed by atoms with Gasteiger partial charge in [0.2, 0.25) is 5.91 Å². The van der Waals surface area contributed by atoms with Crippen molar-refractivity contribution in [1.82, 2.24) is 20.4 Å². The molecule has 0 radical (unpaired) electrons. The van der Waals surface area contributed by atoms with Gasteiger partial charge in [-0.3, -0.25) is 14.7 Å². The van der Waals surface area contributed by atoms with Crippen molar-refractivity contribution in [3.63, 3.8) is 0 Å². The van der Waals surface area contributed by atoms with Gasteiger partial charge >= 0.3 is 0 Å². The topological polar surface area (TPSA) is 72.4 Å². The number of aliphatic imine (C=N–C) groups is 1. The molecule has 1 amide bonds. The number of hydrogen-bond donors (Lipinski definition) is 2. The van der Waals surface area contributed by atoms with E-state index in [1.54, 1.807) is 7.11 Å². The third kappa shape index (κ3) is 7.38. The molecule has 1 aromatic carbocycles. The van der Waals surface area contributed by atoms with Crippen molar-refractivity contribution in [1.29, 1.82) is 0 Å². The molecule has 1 aromatic rings. The Kier molecular flexibility index (Phi) is 9.62. The Morgan fingerprint density at radius 2 is 1.75 bits per heavy atom. The maximum atomic E-state index is 12.0. The summed E-state index contributed by atoms with van der Waals surface area (Å²) in [6.07, 6.45) is 2.57. The molecule has 2 aliphatic heterocycles. The van der Waals surface area contributed by atoms with E-state index >= 15 is 0 Å². The molecule has 32 heavy (non-hydrogen) atoms. The Hall–Kier alpha value is -2.32. The van der Waals surface area contributed by atoms with Gasteiger partial charge in [-0.25, -0.2) is 0 Å². The number of piperidine rings is 1. The standard InChI is InChI=1S/C24H40N6O2/c1-20-8-11-29(12-9-20)22-6-4-21(5-7-22)18-27-24(25-2)30-15-13-28(14-16-30)19-23(31)26-10-17-32-3/h4-7,20H,8-19H2,1-3H3,(H,25,27)(H,26,31). The minimum absolute atomic E-state index is 0.0560. The number of hydrogen-bond acceptors (Lipinski definition) is 5. The summed E-state index contributed by atoms with van der Waals surface area (Å²) in [6.45, 7) is 10.4. The smallest absolute Gasteiger partial charge is 0.234 e. The molecule has 2 aliphatic rings. The summed E-state index contributed by atoms with van der Waals surface area (Å²) >= 11 is 0. The number of guanidine groups is 1. The number of nitrogens with one attached hydrogen (secondary N) is 2. The Labute approximate surface area is 193 Å². The van der Waals surface area contributed by atoms with Crippen LogP contribution in [0.4, 0.5) is 5.69 Å². The van der Waals surface area contributed by atoms with Crippen LogP contribution in [0.3, 0.4) is 0 Å². The van der Waals surface area contributed by atoms with E-state index in [1.807, 2.05) is 7.05 Å². The van der Waals surface area contributed by atoms with Crippen molar-refractivity contribution in [2.24, 2.45) is 10.9 Å². The molecule has 0 saturated carbocycles. The summed E-state index contributed by atoms with van der Waals surface area (Å²) in [5.74, 6) is 1.82. The molecular weight excluding hydrogens is 404 g/mol. The minimum atomic E-state index is 0.0560. The molecule has 0 spiro atoms. The van der Waals surface area contributed by atoms with Crippen molar-refractivity contribution < 1.29 is 9.53 Å². The summed E-state index contributed by atoms with van der Waals surface area (Å²) in [5, 5.41) is 6.38. The van der Waals surface area contributed by atoms with E-state index in [1.165, 1.54) is 24.1 Å². The zero-order chi connectivity index (χ0) is 22.8. The van der Waals surface area contributed by atoms with Crippen LogP contribution in [0, 0.1) is 5.92 Å². The molecule has 0 unspecified atom stereocenters. The number of carbonyl (C=O) groups excluding carboxylic acids is 1. The summed E-state index contributed by atoms with van der Waals surface area (Å²) in [7, 11) is 3.47. The van der Waals surface area contributed by atoms with Crippen LogP contribution < -0.4 is 15.5 Å². The lowest BCUT2D eigenvalue weighted by atomic mass is 9.99. The number of carbonyl (C=O) groups is 1. The Morgan fingerprint density at radius 1 is 1.06 bits per heavy atom. The first-order valence-corrected chi connectivity index (χ1v) is 11.9. The van der Waals surface area contributed by atoms with Crippen LogP contribution in [0.5, 0.6) is 0 Å². The number of anilines is 1. The van der Waals surface area contributed by atoms with E-state index < -0.39 is 0 Å². The van der Waals surface area contributed by atoms with Crippen LogP contribution in [0.15, 0.2) is 29.3 Å². The number of piperazine rings is 1. The van der Waals surface area contributed by atoms with E-state index in [-0.39, 0.29) is 5.91 Å². The van der Waals surface area contributed by atoms with Gasteiger partial charge in [0.05, 0.1) is 13.2 Å². The molecule has 8 heteroatoms. The van der Waals surface area contributed by atoms with Gasteiger partial charge in [-0.15, -0.1) is 0 Å². The minimum Gasteiger partial charge on any atom is -0.383 e. The second kappa shape index (κ2) is 12.6. The molecule has 0 bridgehead atoms. The van der Waals surface area contributed by atoms with E-state index in [0.717, 1.165) is 57.7 Å². The molecule has 2 N–H and O–H groups in total. The van der Waals surface area contributed by atoms with E-state index in [0.29, 0.717) is 19.7 Å². The average Bonchev–Trinajstić information content (AvgIpc) is 2.81. The van der Waals surface area contributed by atoms with Gasteiger partial charge < -0.3 is 25.2 Å². The molecule has 2 heterocycles. The number of methoxy groups -OCH3 is 1. The van der Waals surface area contributed by atoms with Gasteiger partial charge in [0.1, 0.15) is 0 Å². The predicted octanol–water partition coefficient (Wildman–Crippen LogP) is 1.38. The molecule has 3 rings (SSSR count). The third-order valence-corrected chi connectivity index (χ3v) is 6.41. The molecular formula is C24H40N6O2. The number of amides is 1.